The highest BCUT2D eigenvalue weighted by Crippen LogP contribution is 2.01. The predicted octanol–water partition coefficient (Wildman–Crippen LogP) is -1.91. The van der Waals surface area contributed by atoms with Crippen molar-refractivity contribution in [3.8, 4) is 0 Å². The smallest absolute Gasteiger partial charge is 0.313 e. The minimum Gasteiger partial charge on any atom is -0.313 e. The van der Waals surface area contributed by atoms with Gasteiger partial charge in [-0.2, -0.15) is 8.42 Å². The van der Waals surface area contributed by atoms with Crippen LogP contribution in [0.1, 0.15) is 0 Å². The van der Waals surface area contributed by atoms with Crippen LogP contribution in [0, 0.1) is 0 Å². The van der Waals surface area contributed by atoms with Crippen molar-refractivity contribution in [3.63, 3.8) is 0 Å². The third-order valence-corrected chi connectivity index (χ3v) is 2.39. The lowest BCUT2D eigenvalue weighted by Crippen LogP contribution is -2.26. The average Bonchev–Trinajstić information content (AvgIpc) is 2.02. The minimum atomic E-state index is -4.37. The van der Waals surface area contributed by atoms with Crippen LogP contribution in [0.15, 0.2) is 25.1 Å². The molecule has 1 heterocycles. The molecule has 1 aromatic heterocycles. The molecule has 0 aliphatic carbocycles. The number of rotatable bonds is 2. The van der Waals surface area contributed by atoms with Crippen molar-refractivity contribution in [2.75, 3.05) is 0 Å². The van der Waals surface area contributed by atoms with Crippen LogP contribution in [-0.4, -0.2) is 24.5 Å². The van der Waals surface area contributed by atoms with E-state index in [4.69, 9.17) is 0 Å². The summed E-state index contributed by atoms with van der Waals surface area (Å²) in [6, 6.07) is 0. The fourth-order valence-corrected chi connectivity index (χ4v) is 1.38. The van der Waals surface area contributed by atoms with Gasteiger partial charge in [-0.05, 0) is 0 Å². The van der Waals surface area contributed by atoms with Crippen LogP contribution in [0.3, 0.4) is 0 Å². The number of carbonyl (C=O) groups excluding carboxylic acids is 1. The normalized spacial score (nSPS) is 10.6. The molecular weight excluding hydrogens is 214 g/mol. The molecule has 9 heteroatoms. The number of hydrogen-bond acceptors (Lipinski definition) is 5. The summed E-state index contributed by atoms with van der Waals surface area (Å²) in [7, 11) is -4.37. The van der Waals surface area contributed by atoms with E-state index in [2.05, 4.69) is 4.40 Å². The van der Waals surface area contributed by atoms with E-state index < -0.39 is 26.2 Å². The first-order chi connectivity index (χ1) is 6.47. The summed E-state index contributed by atoms with van der Waals surface area (Å²) < 4.78 is 24.4. The van der Waals surface area contributed by atoms with E-state index in [0.717, 1.165) is 6.08 Å². The molecule has 1 aromatic rings. The fraction of sp³-hybridized carbons (Fsp3) is 0. The first kappa shape index (κ1) is 10.1. The summed E-state index contributed by atoms with van der Waals surface area (Å²) in [6.45, 7) is 0. The van der Waals surface area contributed by atoms with Crippen molar-refractivity contribution < 1.29 is 13.2 Å². The van der Waals surface area contributed by atoms with Gasteiger partial charge in [-0.15, -0.1) is 0 Å². The maximum atomic E-state index is 11.0. The van der Waals surface area contributed by atoms with Gasteiger partial charge in [-0.3, -0.25) is 9.78 Å². The zero-order valence-corrected chi connectivity index (χ0v) is 7.29. The van der Waals surface area contributed by atoms with Gasteiger partial charge in [0, 0.05) is 6.20 Å². The predicted molar refractivity (Wildman–Crippen MR) is 43.0 cm³/mol. The Hall–Kier alpha value is -1.99. The monoisotopic (exact) mass is 217 g/mol. The van der Waals surface area contributed by atoms with Gasteiger partial charge in [0.1, 0.15) is 0 Å². The lowest BCUT2D eigenvalue weighted by atomic mass is 10.7. The topological polar surface area (TPSA) is 129 Å². The summed E-state index contributed by atoms with van der Waals surface area (Å²) in [6.07, 6.45) is 1.44. The molecular formula is C5H3N3O5S. The summed E-state index contributed by atoms with van der Waals surface area (Å²) >= 11 is 0. The van der Waals surface area contributed by atoms with Gasteiger partial charge in [0.2, 0.25) is 0 Å². The van der Waals surface area contributed by atoms with Crippen molar-refractivity contribution in [1.29, 1.82) is 0 Å². The molecule has 0 saturated heterocycles. The Bertz CT molecular complexity index is 603. The number of aromatic nitrogens is 2. The largest absolute Gasteiger partial charge is 0.325 e. The van der Waals surface area contributed by atoms with E-state index in [0.29, 0.717) is 6.20 Å². The van der Waals surface area contributed by atoms with Crippen molar-refractivity contribution in [2.45, 2.75) is 4.90 Å². The molecule has 0 fully saturated rings. The van der Waals surface area contributed by atoms with Gasteiger partial charge in [0.15, 0.2) is 4.90 Å². The van der Waals surface area contributed by atoms with Gasteiger partial charge >= 0.3 is 5.69 Å². The maximum Gasteiger partial charge on any atom is 0.325 e. The molecule has 0 radical (unpaired) electrons. The first-order valence-electron chi connectivity index (χ1n) is 3.13. The number of H-pyrrole nitrogens is 2. The molecule has 2 N–H and O–H groups in total. The molecule has 0 aliphatic heterocycles. The van der Waals surface area contributed by atoms with Crippen molar-refractivity contribution in [2.24, 2.45) is 4.40 Å². The van der Waals surface area contributed by atoms with Crippen LogP contribution in [0.25, 0.3) is 0 Å². The van der Waals surface area contributed by atoms with Crippen molar-refractivity contribution >= 4 is 16.1 Å². The Morgan fingerprint density at radius 1 is 1.36 bits per heavy atom. The number of isocyanates is 1. The highest BCUT2D eigenvalue weighted by Gasteiger charge is 2.17. The molecule has 0 unspecified atom stereocenters. The molecule has 0 saturated carbocycles. The molecule has 0 atom stereocenters. The van der Waals surface area contributed by atoms with E-state index >= 15 is 0 Å². The van der Waals surface area contributed by atoms with E-state index in [1.807, 2.05) is 4.98 Å². The molecule has 0 amide bonds. The number of hydrogen-bond donors (Lipinski definition) is 2. The highest BCUT2D eigenvalue weighted by molar-refractivity contribution is 7.90. The molecule has 14 heavy (non-hydrogen) atoms. The van der Waals surface area contributed by atoms with Crippen LogP contribution in [0.5, 0.6) is 0 Å². The molecule has 0 aliphatic rings. The van der Waals surface area contributed by atoms with Crippen LogP contribution in [0.2, 0.25) is 0 Å². The number of nitrogens with zero attached hydrogens (tertiary/aromatic N) is 1. The second-order valence-electron chi connectivity index (χ2n) is 2.09. The second-order valence-corrected chi connectivity index (χ2v) is 3.67. The molecule has 74 valence electrons. The summed E-state index contributed by atoms with van der Waals surface area (Å²) in [4.78, 5) is 33.9. The third kappa shape index (κ3) is 1.84. The van der Waals surface area contributed by atoms with Gasteiger partial charge in [0.05, 0.1) is 0 Å². The lowest BCUT2D eigenvalue weighted by Gasteiger charge is -1.92. The van der Waals surface area contributed by atoms with Crippen molar-refractivity contribution in [3.05, 3.63) is 27.0 Å². The van der Waals surface area contributed by atoms with Crippen LogP contribution in [0.4, 0.5) is 0 Å². The minimum absolute atomic E-state index is 0.650. The Morgan fingerprint density at radius 3 is 2.50 bits per heavy atom. The van der Waals surface area contributed by atoms with E-state index in [1.165, 1.54) is 0 Å². The first-order valence-corrected chi connectivity index (χ1v) is 4.57. The molecule has 0 spiro atoms. The van der Waals surface area contributed by atoms with E-state index in [9.17, 15) is 22.8 Å². The second kappa shape index (κ2) is 3.40. The van der Waals surface area contributed by atoms with Crippen LogP contribution in [-0.2, 0) is 14.8 Å². The van der Waals surface area contributed by atoms with Gasteiger partial charge < -0.3 is 4.98 Å². The Morgan fingerprint density at radius 2 is 2.00 bits per heavy atom. The summed E-state index contributed by atoms with van der Waals surface area (Å²) in [5.41, 5.74) is -2.00. The SMILES string of the molecule is O=C=NS(=O)(=O)c1c[nH]c(=O)[nH]c1=O. The standard InChI is InChI=1S/C5H3N3O5S/c9-2-7-14(12,13)3-1-6-5(11)8-4(3)10/h1H,(H2,6,8,10,11). The third-order valence-electron chi connectivity index (χ3n) is 1.22. The maximum absolute atomic E-state index is 11.0. The molecule has 8 nitrogen and oxygen atoms in total. The molecule has 0 aromatic carbocycles. The van der Waals surface area contributed by atoms with Crippen LogP contribution >= 0.6 is 0 Å². The number of aromatic amines is 2. The lowest BCUT2D eigenvalue weighted by molar-refractivity contribution is 0.563. The van der Waals surface area contributed by atoms with E-state index in [1.54, 1.807) is 4.98 Å². The highest BCUT2D eigenvalue weighted by atomic mass is 32.2. The van der Waals surface area contributed by atoms with Gasteiger partial charge in [0.25, 0.3) is 21.7 Å². The Balaban J connectivity index is 3.58. The molecule has 1 rings (SSSR count). The van der Waals surface area contributed by atoms with E-state index in [-0.39, 0.29) is 0 Å². The average molecular weight is 217 g/mol. The van der Waals surface area contributed by atoms with Gasteiger partial charge in [-0.1, -0.05) is 4.40 Å². The number of nitrogens with one attached hydrogen (secondary N) is 2. The zero-order valence-electron chi connectivity index (χ0n) is 6.47. The zero-order chi connectivity index (χ0) is 10.8. The molecule has 0 bridgehead atoms. The van der Waals surface area contributed by atoms with Gasteiger partial charge in [-0.25, -0.2) is 9.59 Å². The Labute approximate surface area is 76.4 Å². The summed E-state index contributed by atoms with van der Waals surface area (Å²) in [5, 5.41) is 0. The Kier molecular flexibility index (Phi) is 2.45. The van der Waals surface area contributed by atoms with Crippen LogP contribution < -0.4 is 11.2 Å². The van der Waals surface area contributed by atoms with Crippen molar-refractivity contribution in [1.82, 2.24) is 9.97 Å². The fourth-order valence-electron chi connectivity index (χ4n) is 0.687. The summed E-state index contributed by atoms with van der Waals surface area (Å²) in [5.74, 6) is 0. The number of sulfonamides is 1. The quantitative estimate of drug-likeness (QED) is 0.441.